The Hall–Kier alpha value is -3.98. The summed E-state index contributed by atoms with van der Waals surface area (Å²) < 4.78 is 5.80. The van der Waals surface area contributed by atoms with Gasteiger partial charge in [0.2, 0.25) is 5.91 Å². The van der Waals surface area contributed by atoms with Crippen molar-refractivity contribution in [1.82, 2.24) is 43.6 Å². The molecule has 6 aromatic heterocycles. The molecule has 0 atom stereocenters. The van der Waals surface area contributed by atoms with E-state index in [1.807, 2.05) is 25.2 Å². The van der Waals surface area contributed by atoms with Crippen molar-refractivity contribution in [3.05, 3.63) is 126 Å². The molecule has 3 amide bonds. The van der Waals surface area contributed by atoms with Crippen LogP contribution >= 0.6 is 32.3 Å². The summed E-state index contributed by atoms with van der Waals surface area (Å²) in [4.78, 5) is 64.7. The number of aromatic nitrogens is 9. The first-order chi connectivity index (χ1) is 24.5. The van der Waals surface area contributed by atoms with Gasteiger partial charge in [0.1, 0.15) is 11.4 Å². The summed E-state index contributed by atoms with van der Waals surface area (Å²) >= 11 is 2.93. The molecule has 0 aliphatic rings. The van der Waals surface area contributed by atoms with Crippen molar-refractivity contribution in [2.75, 3.05) is 35.8 Å². The van der Waals surface area contributed by atoms with Crippen LogP contribution in [0.2, 0.25) is 0 Å². The molecule has 0 aliphatic carbocycles. The minimum Gasteiger partial charge on any atom is 1.00 e. The van der Waals surface area contributed by atoms with Crippen LogP contribution in [0.4, 0.5) is 17.1 Å². The van der Waals surface area contributed by atoms with Crippen LogP contribution in [0.1, 0.15) is 31.5 Å². The molecular weight excluding hydrogens is 883 g/mol. The van der Waals surface area contributed by atoms with Crippen molar-refractivity contribution in [3.63, 3.8) is 0 Å². The molecule has 0 spiro atoms. The second-order valence-electron chi connectivity index (χ2n) is 10.4. The summed E-state index contributed by atoms with van der Waals surface area (Å²) in [7, 11) is 15.2. The van der Waals surface area contributed by atoms with Crippen LogP contribution in [-0.2, 0) is 38.5 Å². The van der Waals surface area contributed by atoms with Gasteiger partial charge in [-0.1, -0.05) is 6.20 Å². The van der Waals surface area contributed by atoms with Gasteiger partial charge in [-0.15, -0.1) is 0 Å². The number of aryl methyl sites for hydroxylation is 2. The van der Waals surface area contributed by atoms with E-state index in [9.17, 15) is 14.4 Å². The van der Waals surface area contributed by atoms with E-state index in [4.69, 9.17) is 9.69 Å². The number of hydrogen-bond donors (Lipinski definition) is 0. The zero-order valence-electron chi connectivity index (χ0n) is 30.2. The molecule has 0 fully saturated rings. The normalized spacial score (nSPS) is 9.55. The second kappa shape index (κ2) is 23.6. The zero-order chi connectivity index (χ0) is 37.5. The van der Waals surface area contributed by atoms with E-state index in [0.717, 1.165) is 38.2 Å². The van der Waals surface area contributed by atoms with Gasteiger partial charge in [0.15, 0.2) is 3.83 Å². The van der Waals surface area contributed by atoms with Crippen molar-refractivity contribution in [2.45, 2.75) is 0 Å². The first-order valence-corrected chi connectivity index (χ1v) is 19.8. The number of rotatable bonds is 6. The van der Waals surface area contributed by atoms with Gasteiger partial charge < -0.3 is 45.8 Å². The van der Waals surface area contributed by atoms with E-state index in [2.05, 4.69) is 58.8 Å². The molecule has 0 unspecified atom stereocenters. The van der Waals surface area contributed by atoms with Gasteiger partial charge in [0.25, 0.3) is 11.8 Å². The van der Waals surface area contributed by atoms with Crippen LogP contribution in [0.25, 0.3) is 0 Å². The molecule has 53 heavy (non-hydrogen) atoms. The third-order valence-electron chi connectivity index (χ3n) is 7.18. The zero-order valence-corrected chi connectivity index (χ0v) is 36.8. The van der Waals surface area contributed by atoms with Gasteiger partial charge in [-0.2, -0.15) is 0 Å². The average Bonchev–Trinajstić information content (AvgIpc) is 3.91. The van der Waals surface area contributed by atoms with E-state index in [0.29, 0.717) is 17.1 Å². The Kier molecular flexibility index (Phi) is 21.0. The molecule has 0 aromatic carbocycles. The topological polar surface area (TPSA) is 153 Å². The first-order valence-electron chi connectivity index (χ1n) is 14.8. The quantitative estimate of drug-likeness (QED) is 0.109. The van der Waals surface area contributed by atoms with Crippen LogP contribution in [0, 0.1) is 10.2 Å². The smallest absolute Gasteiger partial charge is 1.00 e. The molecule has 6 rings (SSSR count). The van der Waals surface area contributed by atoms with E-state index >= 15 is 0 Å². The maximum atomic E-state index is 12.2. The van der Waals surface area contributed by atoms with E-state index in [1.54, 1.807) is 133 Å². The van der Waals surface area contributed by atoms with E-state index in [1.165, 1.54) is 11.1 Å². The van der Waals surface area contributed by atoms with E-state index in [-0.39, 0.29) is 49.0 Å². The Morgan fingerprint density at radius 3 is 1.43 bits per heavy atom. The Balaban J connectivity index is 0.000000381. The number of carbonyl (C=O) groups is 3. The summed E-state index contributed by atoms with van der Waals surface area (Å²) in [6.07, 6.45) is 18.8. The van der Waals surface area contributed by atoms with Crippen LogP contribution in [0.15, 0.2) is 98.5 Å². The largest absolute Gasteiger partial charge is 1.00 e. The number of nitrogens with zero attached hydrogens (tertiary/aromatic N) is 12. The van der Waals surface area contributed by atoms with Gasteiger partial charge in [-0.3, -0.25) is 29.3 Å². The maximum Gasteiger partial charge on any atom is 1.00 e. The summed E-state index contributed by atoms with van der Waals surface area (Å²) in [6, 6.07) is 10.9. The number of hydrogen-bond acceptors (Lipinski definition) is 9. The number of pyridine rings is 3. The molecule has 268 valence electrons. The number of anilines is 3. The fourth-order valence-corrected chi connectivity index (χ4v) is 4.59. The van der Waals surface area contributed by atoms with Gasteiger partial charge in [-0.25, -0.2) is 9.97 Å². The van der Waals surface area contributed by atoms with Crippen LogP contribution < -0.4 is 46.0 Å². The summed E-state index contributed by atoms with van der Waals surface area (Å²) in [6.45, 7) is 0. The minimum absolute atomic E-state index is 0. The molecule has 0 N–H and O–H groups in total. The molecule has 0 saturated heterocycles. The Morgan fingerprint density at radius 2 is 1.11 bits per heavy atom. The van der Waals surface area contributed by atoms with Gasteiger partial charge >= 0.3 is 45.9 Å². The Bertz CT molecular complexity index is 1910. The molecular formula is C33H34Cl2ILiN12O3Zn. The van der Waals surface area contributed by atoms with Crippen molar-refractivity contribution < 1.29 is 63.0 Å². The van der Waals surface area contributed by atoms with Crippen LogP contribution in [0.5, 0.6) is 0 Å². The van der Waals surface area contributed by atoms with Crippen molar-refractivity contribution in [2.24, 2.45) is 21.1 Å². The number of carbonyl (C=O) groups excluding carboxylic acids is 3. The molecule has 0 saturated carbocycles. The molecule has 6 aromatic rings. The first kappa shape index (κ1) is 47.0. The van der Waals surface area contributed by atoms with Gasteiger partial charge in [-0.05, 0) is 71.7 Å². The minimum atomic E-state index is -0.135. The fourth-order valence-electron chi connectivity index (χ4n) is 4.19. The monoisotopic (exact) mass is 914 g/mol. The Labute approximate surface area is 353 Å². The SMILES string of the molecule is CN(C(=O)c1cn[c-]n1C)c1cccnc1.CN(C(=O)c1cnc(I)n1C)c1cccnc1.CN(C(=O)c1cncn1C)c1cccnc1.[Cl-].[Cl][Zn+].[Li+]. The summed E-state index contributed by atoms with van der Waals surface area (Å²) in [5.41, 5.74) is 3.86. The number of halogens is 3. The predicted molar refractivity (Wildman–Crippen MR) is 198 cm³/mol. The molecule has 20 heteroatoms. The average molecular weight is 917 g/mol. The summed E-state index contributed by atoms with van der Waals surface area (Å²) in [5.74, 6) is -0.340. The molecule has 0 aliphatic heterocycles. The third-order valence-corrected chi connectivity index (χ3v) is 8.18. The van der Waals surface area contributed by atoms with Crippen molar-refractivity contribution in [1.29, 1.82) is 0 Å². The van der Waals surface area contributed by atoms with Crippen molar-refractivity contribution in [3.8, 4) is 0 Å². The summed E-state index contributed by atoms with van der Waals surface area (Å²) in [5, 5.41) is 0. The van der Waals surface area contributed by atoms with Gasteiger partial charge in [0, 0.05) is 60.2 Å². The molecule has 0 bridgehead atoms. The molecule has 6 heterocycles. The predicted octanol–water partition coefficient (Wildman–Crippen LogP) is -1.63. The number of amides is 3. The second-order valence-corrected chi connectivity index (χ2v) is 11.4. The van der Waals surface area contributed by atoms with Crippen LogP contribution in [0.3, 0.4) is 0 Å². The van der Waals surface area contributed by atoms with Crippen LogP contribution in [-0.4, -0.2) is 82.5 Å². The Morgan fingerprint density at radius 1 is 0.679 bits per heavy atom. The maximum absolute atomic E-state index is 12.2. The fraction of sp³-hybridized carbons (Fsp3) is 0.182. The standard InChI is InChI=1S/C11H11IN4O.C11H12N4O.C11H11N4O.2ClH.Li.Zn/c1-15(8-4-3-5-13-6-8)10(17)9-7-14-11(12)16(9)2;2*1-14-8-13-7-10(14)11(16)15(2)9-4-3-5-12-6-9;;;;/h3-7H,1-2H3;3-8H,1-2H3;3-7H,1-2H3;2*1H;;/q;;-1;;;+1;+2/p-2. The van der Waals surface area contributed by atoms with E-state index < -0.39 is 0 Å². The third kappa shape index (κ3) is 12.8. The van der Waals surface area contributed by atoms with Gasteiger partial charge in [0.05, 0.1) is 54.4 Å². The number of imidazole rings is 3. The molecule has 15 nitrogen and oxygen atoms in total. The van der Waals surface area contributed by atoms with Crippen molar-refractivity contribution >= 4 is 67.1 Å². The molecule has 0 radical (unpaired) electrons.